The number of carbonyl (C=O) groups is 2. The van der Waals surface area contributed by atoms with E-state index in [2.05, 4.69) is 6.92 Å². The van der Waals surface area contributed by atoms with Crippen LogP contribution in [0.15, 0.2) is 0 Å². The Kier molecular flexibility index (Phi) is 11.1. The molecule has 0 aromatic carbocycles. The van der Waals surface area contributed by atoms with Crippen LogP contribution in [0, 0.1) is 0 Å². The van der Waals surface area contributed by atoms with Gasteiger partial charge in [-0.3, -0.25) is 4.79 Å². The van der Waals surface area contributed by atoms with E-state index in [1.54, 1.807) is 0 Å². The number of aliphatic hydroxyl groups excluding tert-OH is 4. The van der Waals surface area contributed by atoms with E-state index in [1.807, 2.05) is 0 Å². The SMILES string of the molecule is CCCCCCCC(=O)OC[C@@H](O)[C@@H](O)[C@H](O)[C@@H](O)C=O. The fraction of sp³-hybridized carbons (Fsp3) is 0.857. The van der Waals surface area contributed by atoms with Crippen molar-refractivity contribution >= 4 is 12.3 Å². The molecule has 0 spiro atoms. The first-order valence-electron chi connectivity index (χ1n) is 7.27. The first kappa shape index (κ1) is 20.0. The zero-order chi connectivity index (χ0) is 16.3. The van der Waals surface area contributed by atoms with Crippen LogP contribution in [-0.2, 0) is 14.3 Å². The van der Waals surface area contributed by atoms with E-state index in [4.69, 9.17) is 9.84 Å². The lowest BCUT2D eigenvalue weighted by Crippen LogP contribution is -2.46. The molecule has 0 bridgehead atoms. The molecule has 0 heterocycles. The van der Waals surface area contributed by atoms with Crippen LogP contribution in [0.4, 0.5) is 0 Å². The highest BCUT2D eigenvalue weighted by molar-refractivity contribution is 5.69. The average molecular weight is 306 g/mol. The van der Waals surface area contributed by atoms with Gasteiger partial charge in [0, 0.05) is 6.42 Å². The second-order valence-electron chi connectivity index (χ2n) is 5.02. The van der Waals surface area contributed by atoms with Crippen molar-refractivity contribution in [3.8, 4) is 0 Å². The standard InChI is InChI=1S/C14H26O7/c1-2-3-4-5-6-7-12(18)21-9-11(17)14(20)13(19)10(16)8-15/h8,10-11,13-14,16-17,19-20H,2-7,9H2,1H3/t10-,11+,13+,14+/m0/s1. The zero-order valence-corrected chi connectivity index (χ0v) is 12.4. The fourth-order valence-corrected chi connectivity index (χ4v) is 1.73. The van der Waals surface area contributed by atoms with Crippen molar-refractivity contribution in [3.05, 3.63) is 0 Å². The van der Waals surface area contributed by atoms with E-state index in [9.17, 15) is 24.9 Å². The van der Waals surface area contributed by atoms with Crippen LogP contribution in [0.5, 0.6) is 0 Å². The molecule has 0 aromatic heterocycles. The Bertz CT molecular complexity index is 295. The third-order valence-electron chi connectivity index (χ3n) is 3.13. The summed E-state index contributed by atoms with van der Waals surface area (Å²) in [4.78, 5) is 21.6. The van der Waals surface area contributed by atoms with Crippen LogP contribution in [-0.4, -0.2) is 63.7 Å². The van der Waals surface area contributed by atoms with E-state index in [0.29, 0.717) is 6.42 Å². The maximum absolute atomic E-state index is 11.4. The van der Waals surface area contributed by atoms with Crippen LogP contribution in [0.1, 0.15) is 45.4 Å². The molecule has 0 aliphatic carbocycles. The van der Waals surface area contributed by atoms with Crippen molar-refractivity contribution in [2.24, 2.45) is 0 Å². The Morgan fingerprint density at radius 1 is 1.05 bits per heavy atom. The molecule has 0 fully saturated rings. The monoisotopic (exact) mass is 306 g/mol. The number of hydrogen-bond donors (Lipinski definition) is 4. The third-order valence-corrected chi connectivity index (χ3v) is 3.13. The normalized spacial score (nSPS) is 16.8. The van der Waals surface area contributed by atoms with Crippen LogP contribution in [0.2, 0.25) is 0 Å². The highest BCUT2D eigenvalue weighted by Crippen LogP contribution is 2.08. The van der Waals surface area contributed by atoms with Gasteiger partial charge in [0.2, 0.25) is 0 Å². The molecule has 0 saturated heterocycles. The quantitative estimate of drug-likeness (QED) is 0.218. The van der Waals surface area contributed by atoms with Crippen molar-refractivity contribution < 1.29 is 34.8 Å². The molecule has 0 aliphatic heterocycles. The summed E-state index contributed by atoms with van der Waals surface area (Å²) in [5.74, 6) is -0.497. The molecule has 124 valence electrons. The minimum absolute atomic E-state index is 0.0446. The Morgan fingerprint density at radius 2 is 1.67 bits per heavy atom. The molecule has 7 nitrogen and oxygen atoms in total. The number of unbranched alkanes of at least 4 members (excludes halogenated alkanes) is 4. The van der Waals surface area contributed by atoms with Gasteiger partial charge in [-0.05, 0) is 6.42 Å². The summed E-state index contributed by atoms with van der Waals surface area (Å²) in [6, 6.07) is 0. The van der Waals surface area contributed by atoms with Crippen LogP contribution < -0.4 is 0 Å². The topological polar surface area (TPSA) is 124 Å². The number of aldehydes is 1. The van der Waals surface area contributed by atoms with E-state index in [1.165, 1.54) is 0 Å². The fourth-order valence-electron chi connectivity index (χ4n) is 1.73. The predicted octanol–water partition coefficient (Wildman–Crippen LogP) is -0.467. The summed E-state index contributed by atoms with van der Waals surface area (Å²) in [6.07, 6.45) is -1.78. The lowest BCUT2D eigenvalue weighted by Gasteiger charge is -2.23. The zero-order valence-electron chi connectivity index (χ0n) is 12.4. The van der Waals surface area contributed by atoms with E-state index in [-0.39, 0.29) is 12.7 Å². The van der Waals surface area contributed by atoms with Gasteiger partial charge >= 0.3 is 5.97 Å². The van der Waals surface area contributed by atoms with Crippen molar-refractivity contribution in [2.45, 2.75) is 69.9 Å². The second-order valence-corrected chi connectivity index (χ2v) is 5.02. The number of ether oxygens (including phenoxy) is 1. The molecule has 4 N–H and O–H groups in total. The summed E-state index contributed by atoms with van der Waals surface area (Å²) >= 11 is 0. The molecular weight excluding hydrogens is 280 g/mol. The highest BCUT2D eigenvalue weighted by atomic mass is 16.5. The largest absolute Gasteiger partial charge is 0.463 e. The predicted molar refractivity (Wildman–Crippen MR) is 74.4 cm³/mol. The maximum atomic E-state index is 11.4. The lowest BCUT2D eigenvalue weighted by atomic mass is 10.0. The van der Waals surface area contributed by atoms with E-state index < -0.39 is 37.0 Å². The van der Waals surface area contributed by atoms with Gasteiger partial charge in [0.1, 0.15) is 31.0 Å². The molecule has 0 aromatic rings. The van der Waals surface area contributed by atoms with Crippen LogP contribution >= 0.6 is 0 Å². The highest BCUT2D eigenvalue weighted by Gasteiger charge is 2.30. The Labute approximate surface area is 124 Å². The molecule has 0 aliphatic rings. The molecule has 0 amide bonds. The molecule has 0 rings (SSSR count). The number of hydrogen-bond acceptors (Lipinski definition) is 7. The van der Waals surface area contributed by atoms with Gasteiger partial charge < -0.3 is 30.0 Å². The molecular formula is C14H26O7. The summed E-state index contributed by atoms with van der Waals surface area (Å²) in [7, 11) is 0. The van der Waals surface area contributed by atoms with Gasteiger partial charge in [-0.15, -0.1) is 0 Å². The minimum Gasteiger partial charge on any atom is -0.463 e. The summed E-state index contributed by atoms with van der Waals surface area (Å²) < 4.78 is 4.77. The maximum Gasteiger partial charge on any atom is 0.305 e. The minimum atomic E-state index is -1.83. The van der Waals surface area contributed by atoms with E-state index >= 15 is 0 Å². The van der Waals surface area contributed by atoms with Crippen molar-refractivity contribution in [1.29, 1.82) is 0 Å². The van der Waals surface area contributed by atoms with Gasteiger partial charge in [0.25, 0.3) is 0 Å². The number of rotatable bonds is 12. The van der Waals surface area contributed by atoms with Gasteiger partial charge in [-0.25, -0.2) is 0 Å². The molecule has 0 unspecified atom stereocenters. The lowest BCUT2D eigenvalue weighted by molar-refractivity contribution is -0.156. The van der Waals surface area contributed by atoms with Gasteiger partial charge in [0.15, 0.2) is 6.29 Å². The smallest absolute Gasteiger partial charge is 0.305 e. The first-order chi connectivity index (χ1) is 9.93. The molecule has 7 heteroatoms. The average Bonchev–Trinajstić information content (AvgIpc) is 2.49. The van der Waals surface area contributed by atoms with Crippen molar-refractivity contribution in [1.82, 2.24) is 0 Å². The molecule has 0 radical (unpaired) electrons. The van der Waals surface area contributed by atoms with Gasteiger partial charge in [0.05, 0.1) is 0 Å². The summed E-state index contributed by atoms with van der Waals surface area (Å²) in [5, 5.41) is 37.3. The van der Waals surface area contributed by atoms with E-state index in [0.717, 1.165) is 25.7 Å². The number of carbonyl (C=O) groups excluding carboxylic acids is 2. The summed E-state index contributed by atoms with van der Waals surface area (Å²) in [6.45, 7) is 1.59. The van der Waals surface area contributed by atoms with Crippen LogP contribution in [0.25, 0.3) is 0 Å². The summed E-state index contributed by atoms with van der Waals surface area (Å²) in [5.41, 5.74) is 0. The molecule has 0 saturated carbocycles. The van der Waals surface area contributed by atoms with Crippen molar-refractivity contribution in [3.63, 3.8) is 0 Å². The Balaban J connectivity index is 3.87. The van der Waals surface area contributed by atoms with Gasteiger partial charge in [-0.1, -0.05) is 32.6 Å². The molecule has 4 atom stereocenters. The first-order valence-corrected chi connectivity index (χ1v) is 7.27. The number of esters is 1. The van der Waals surface area contributed by atoms with Crippen LogP contribution in [0.3, 0.4) is 0 Å². The van der Waals surface area contributed by atoms with Crippen molar-refractivity contribution in [2.75, 3.05) is 6.61 Å². The second kappa shape index (κ2) is 11.6. The number of aliphatic hydroxyl groups is 4. The Morgan fingerprint density at radius 3 is 2.24 bits per heavy atom. The third kappa shape index (κ3) is 8.77. The van der Waals surface area contributed by atoms with Gasteiger partial charge in [-0.2, -0.15) is 0 Å². The molecule has 21 heavy (non-hydrogen) atoms. The Hall–Kier alpha value is -1.02.